The van der Waals surface area contributed by atoms with Crippen molar-refractivity contribution in [2.45, 2.75) is 42.3 Å². The molecule has 3 N–H and O–H groups in total. The molecule has 34 heavy (non-hydrogen) atoms. The second-order valence-electron chi connectivity index (χ2n) is 8.48. The molecule has 2 aliphatic carbocycles. The summed E-state index contributed by atoms with van der Waals surface area (Å²) in [7, 11) is -3.24. The maximum atomic E-state index is 12.6. The summed E-state index contributed by atoms with van der Waals surface area (Å²) in [6.45, 7) is 1.12. The summed E-state index contributed by atoms with van der Waals surface area (Å²) in [5, 5.41) is 13.6. The van der Waals surface area contributed by atoms with E-state index in [1.807, 2.05) is 12.1 Å². The third-order valence-corrected chi connectivity index (χ3v) is 6.64. The number of benzene rings is 2. The van der Waals surface area contributed by atoms with Gasteiger partial charge < -0.3 is 15.7 Å². The Kier molecular flexibility index (Phi) is 7.67. The van der Waals surface area contributed by atoms with Crippen molar-refractivity contribution in [3.63, 3.8) is 0 Å². The van der Waals surface area contributed by atoms with Crippen LogP contribution in [0.5, 0.6) is 0 Å². The number of alkyl halides is 3. The van der Waals surface area contributed by atoms with Gasteiger partial charge in [0.2, 0.25) is 0 Å². The maximum Gasteiger partial charge on any atom is 0.490 e. The molecular weight excluding hydrogens is 473 g/mol. The van der Waals surface area contributed by atoms with Crippen molar-refractivity contribution in [3.05, 3.63) is 59.7 Å². The monoisotopic (exact) mass is 498 g/mol. The van der Waals surface area contributed by atoms with E-state index in [4.69, 9.17) is 9.90 Å². The highest BCUT2D eigenvalue weighted by atomic mass is 32.2. The van der Waals surface area contributed by atoms with Crippen LogP contribution in [0.15, 0.2) is 53.4 Å². The van der Waals surface area contributed by atoms with Crippen LogP contribution in [0.3, 0.4) is 0 Å². The summed E-state index contributed by atoms with van der Waals surface area (Å²) in [4.78, 5) is 21.7. The Balaban J connectivity index is 0.000000406. The number of carbonyl (C=O) groups is 2. The Morgan fingerprint density at radius 3 is 2.24 bits per heavy atom. The van der Waals surface area contributed by atoms with Gasteiger partial charge in [-0.15, -0.1) is 0 Å². The molecule has 1 amide bonds. The number of carbonyl (C=O) groups excluding carboxylic acids is 1. The largest absolute Gasteiger partial charge is 0.490 e. The van der Waals surface area contributed by atoms with Gasteiger partial charge in [0.1, 0.15) is 0 Å². The van der Waals surface area contributed by atoms with E-state index in [9.17, 15) is 26.4 Å². The predicted molar refractivity (Wildman–Crippen MR) is 120 cm³/mol. The zero-order valence-electron chi connectivity index (χ0n) is 18.3. The number of amides is 1. The molecule has 0 spiro atoms. The lowest BCUT2D eigenvalue weighted by Gasteiger charge is -2.08. The number of hydrogen-bond acceptors (Lipinski definition) is 5. The number of anilines is 1. The fraction of sp³-hybridized carbons (Fsp3) is 0.391. The average Bonchev–Trinajstić information content (AvgIpc) is 3.67. The number of rotatable bonds is 7. The number of carboxylic acid groups (broad SMARTS) is 1. The minimum atomic E-state index is -5.08. The van der Waals surface area contributed by atoms with Crippen LogP contribution < -0.4 is 10.6 Å². The fourth-order valence-electron chi connectivity index (χ4n) is 3.33. The van der Waals surface area contributed by atoms with Gasteiger partial charge in [0.15, 0.2) is 9.84 Å². The Labute approximate surface area is 195 Å². The number of hydrogen-bond donors (Lipinski definition) is 3. The van der Waals surface area contributed by atoms with E-state index < -0.39 is 22.0 Å². The molecule has 2 unspecified atom stereocenters. The minimum absolute atomic E-state index is 0.188. The molecule has 0 aliphatic heterocycles. The van der Waals surface area contributed by atoms with Crippen molar-refractivity contribution in [1.29, 1.82) is 0 Å². The summed E-state index contributed by atoms with van der Waals surface area (Å²) in [6, 6.07) is 14.5. The summed E-state index contributed by atoms with van der Waals surface area (Å²) >= 11 is 0. The minimum Gasteiger partial charge on any atom is -0.475 e. The summed E-state index contributed by atoms with van der Waals surface area (Å²) in [5.41, 5.74) is 2.39. The van der Waals surface area contributed by atoms with Crippen molar-refractivity contribution < 1.29 is 36.3 Å². The van der Waals surface area contributed by atoms with E-state index in [0.717, 1.165) is 25.1 Å². The van der Waals surface area contributed by atoms with Crippen molar-refractivity contribution in [3.8, 4) is 0 Å². The van der Waals surface area contributed by atoms with Crippen LogP contribution in [0.4, 0.5) is 18.9 Å². The summed E-state index contributed by atoms with van der Waals surface area (Å²) in [5.74, 6) is -1.58. The standard InChI is InChI=1S/C21H24N2O3S.C2HF3O2/c1-27(25,26)18-9-7-17(8-10-18)23-21(24)16-4-2-3-15(11-16)19-12-20(19)22-13-14-5-6-14;3-2(4,5)1(6)7/h2-4,7-11,14,19-20,22H,5-6,12-13H2,1H3,(H,23,24);(H,6,7). The molecule has 2 atom stereocenters. The first kappa shape index (κ1) is 25.7. The molecule has 7 nitrogen and oxygen atoms in total. The number of nitrogens with one attached hydrogen (secondary N) is 2. The molecule has 0 saturated heterocycles. The quantitative estimate of drug-likeness (QED) is 0.535. The van der Waals surface area contributed by atoms with E-state index in [-0.39, 0.29) is 10.8 Å². The molecule has 0 heterocycles. The zero-order chi connectivity index (χ0) is 25.1. The Morgan fingerprint density at radius 2 is 1.71 bits per heavy atom. The second-order valence-corrected chi connectivity index (χ2v) is 10.5. The van der Waals surface area contributed by atoms with Crippen LogP contribution >= 0.6 is 0 Å². The number of carboxylic acids is 1. The van der Waals surface area contributed by atoms with E-state index in [1.165, 1.54) is 30.5 Å². The number of halogens is 3. The Bertz CT molecular complexity index is 1150. The molecule has 2 aromatic rings. The van der Waals surface area contributed by atoms with Gasteiger partial charge in [0.05, 0.1) is 4.90 Å². The third kappa shape index (κ3) is 7.56. The zero-order valence-corrected chi connectivity index (χ0v) is 19.1. The molecule has 2 aliphatic rings. The van der Waals surface area contributed by atoms with E-state index in [0.29, 0.717) is 23.2 Å². The van der Waals surface area contributed by atoms with Crippen LogP contribution in [0.1, 0.15) is 41.1 Å². The highest BCUT2D eigenvalue weighted by Crippen LogP contribution is 2.41. The molecule has 184 valence electrons. The first-order chi connectivity index (χ1) is 15.8. The van der Waals surface area contributed by atoms with Gasteiger partial charge in [-0.25, -0.2) is 13.2 Å². The third-order valence-electron chi connectivity index (χ3n) is 5.52. The molecule has 0 aromatic heterocycles. The highest BCUT2D eigenvalue weighted by Gasteiger charge is 2.39. The number of sulfone groups is 1. The molecule has 11 heteroatoms. The lowest BCUT2D eigenvalue weighted by atomic mass is 10.1. The highest BCUT2D eigenvalue weighted by molar-refractivity contribution is 7.90. The van der Waals surface area contributed by atoms with Crippen molar-refractivity contribution in [2.24, 2.45) is 5.92 Å². The van der Waals surface area contributed by atoms with Gasteiger partial charge >= 0.3 is 12.1 Å². The van der Waals surface area contributed by atoms with E-state index in [2.05, 4.69) is 16.7 Å². The fourth-order valence-corrected chi connectivity index (χ4v) is 3.96. The average molecular weight is 499 g/mol. The van der Waals surface area contributed by atoms with Gasteiger partial charge in [-0.05, 0) is 73.7 Å². The number of aliphatic carboxylic acids is 1. The normalized spacial score (nSPS) is 19.5. The molecular formula is C23H25F3N2O5S. The molecule has 2 fully saturated rings. The van der Waals surface area contributed by atoms with Crippen LogP contribution in [-0.2, 0) is 14.6 Å². The molecule has 4 rings (SSSR count). The Morgan fingerprint density at radius 1 is 1.09 bits per heavy atom. The van der Waals surface area contributed by atoms with Crippen LogP contribution in [0, 0.1) is 5.92 Å². The first-order valence-corrected chi connectivity index (χ1v) is 12.5. The molecule has 0 bridgehead atoms. The van der Waals surface area contributed by atoms with E-state index >= 15 is 0 Å². The van der Waals surface area contributed by atoms with Gasteiger partial charge in [0.25, 0.3) is 5.91 Å². The smallest absolute Gasteiger partial charge is 0.475 e. The van der Waals surface area contributed by atoms with Gasteiger partial charge in [0, 0.05) is 29.5 Å². The van der Waals surface area contributed by atoms with Gasteiger partial charge in [-0.2, -0.15) is 13.2 Å². The summed E-state index contributed by atoms with van der Waals surface area (Å²) < 4.78 is 54.8. The van der Waals surface area contributed by atoms with E-state index in [1.54, 1.807) is 18.2 Å². The second kappa shape index (κ2) is 10.1. The van der Waals surface area contributed by atoms with Crippen LogP contribution in [-0.4, -0.2) is 50.4 Å². The van der Waals surface area contributed by atoms with Gasteiger partial charge in [-0.3, -0.25) is 4.79 Å². The lowest BCUT2D eigenvalue weighted by molar-refractivity contribution is -0.192. The van der Waals surface area contributed by atoms with Crippen molar-refractivity contribution >= 4 is 27.4 Å². The van der Waals surface area contributed by atoms with Crippen molar-refractivity contribution in [1.82, 2.24) is 5.32 Å². The predicted octanol–water partition coefficient (Wildman–Crippen LogP) is 3.83. The Hall–Kier alpha value is -2.92. The lowest BCUT2D eigenvalue weighted by Crippen LogP contribution is -2.21. The molecule has 0 radical (unpaired) electrons. The SMILES string of the molecule is CS(=O)(=O)c1ccc(NC(=O)c2cccc(C3CC3NCC3CC3)c2)cc1.O=C(O)C(F)(F)F. The topological polar surface area (TPSA) is 113 Å². The maximum absolute atomic E-state index is 12.6. The van der Waals surface area contributed by atoms with Crippen LogP contribution in [0.2, 0.25) is 0 Å². The van der Waals surface area contributed by atoms with Crippen molar-refractivity contribution in [2.75, 3.05) is 18.1 Å². The molecule has 2 saturated carbocycles. The summed E-state index contributed by atoms with van der Waals surface area (Å²) in [6.07, 6.45) is -0.0854. The van der Waals surface area contributed by atoms with Crippen LogP contribution in [0.25, 0.3) is 0 Å². The first-order valence-electron chi connectivity index (χ1n) is 10.6. The van der Waals surface area contributed by atoms with Gasteiger partial charge in [-0.1, -0.05) is 12.1 Å². The molecule has 2 aromatic carbocycles.